The zero-order valence-electron chi connectivity index (χ0n) is 14.3. The van der Waals surface area contributed by atoms with Crippen LogP contribution in [0.4, 0.5) is 0 Å². The van der Waals surface area contributed by atoms with Crippen LogP contribution >= 0.6 is 11.8 Å². The summed E-state index contributed by atoms with van der Waals surface area (Å²) in [4.78, 5) is 8.27. The van der Waals surface area contributed by atoms with Crippen LogP contribution < -0.4 is 0 Å². The minimum atomic E-state index is 0.586. The lowest BCUT2D eigenvalue weighted by Crippen LogP contribution is -1.82. The lowest BCUT2D eigenvalue weighted by atomic mass is 10.1. The molecule has 0 atom stereocenters. The number of nitrogens with zero attached hydrogens (tertiary/aromatic N) is 3. The van der Waals surface area contributed by atoms with E-state index in [0.717, 1.165) is 34.1 Å². The average Bonchev–Trinajstić information content (AvgIpc) is 3.35. The van der Waals surface area contributed by atoms with E-state index in [2.05, 4.69) is 39.4 Å². The highest BCUT2D eigenvalue weighted by molar-refractivity contribution is 7.98. The molecule has 0 aliphatic heterocycles. The summed E-state index contributed by atoms with van der Waals surface area (Å²) in [5.41, 5.74) is 4.15. The first-order valence-electron chi connectivity index (χ1n) is 8.48. The van der Waals surface area contributed by atoms with E-state index >= 15 is 0 Å². The van der Waals surface area contributed by atoms with Crippen LogP contribution in [0.2, 0.25) is 0 Å². The Bertz CT molecular complexity index is 922. The van der Waals surface area contributed by atoms with E-state index < -0.39 is 0 Å². The largest absolute Gasteiger partial charge is 0.424 e. The molecule has 5 nitrogen and oxygen atoms in total. The van der Waals surface area contributed by atoms with Crippen LogP contribution in [0.3, 0.4) is 0 Å². The average molecular weight is 362 g/mol. The predicted molar refractivity (Wildman–Crippen MR) is 103 cm³/mol. The Morgan fingerprint density at radius 1 is 0.885 bits per heavy atom. The molecule has 2 heterocycles. The Hall–Kier alpha value is -2.86. The number of rotatable bonds is 6. The molecule has 0 aliphatic carbocycles. The number of aromatic nitrogens is 4. The van der Waals surface area contributed by atoms with Crippen molar-refractivity contribution in [1.29, 1.82) is 0 Å². The molecule has 0 radical (unpaired) electrons. The van der Waals surface area contributed by atoms with Crippen LogP contribution in [-0.2, 0) is 12.2 Å². The number of H-pyrrole nitrogens is 1. The molecular weight excluding hydrogens is 344 g/mol. The van der Waals surface area contributed by atoms with E-state index in [4.69, 9.17) is 9.40 Å². The number of thioether (sulfide) groups is 1. The van der Waals surface area contributed by atoms with Gasteiger partial charge in [-0.2, -0.15) is 0 Å². The van der Waals surface area contributed by atoms with Gasteiger partial charge in [0.05, 0.1) is 17.1 Å². The van der Waals surface area contributed by atoms with Crippen LogP contribution in [-0.4, -0.2) is 20.2 Å². The highest BCUT2D eigenvalue weighted by Gasteiger charge is 2.15. The molecule has 0 amide bonds. The first-order valence-corrected chi connectivity index (χ1v) is 9.47. The molecular formula is C20H18N4OS. The van der Waals surface area contributed by atoms with Gasteiger partial charge in [0.25, 0.3) is 0 Å². The third-order valence-corrected chi connectivity index (χ3v) is 4.79. The standard InChI is InChI=1S/C20H18N4OS/c1-2-16-23-24-17(25-16)13-26-20-21-18(14-9-5-3-6-10-14)19(22-20)15-11-7-4-8-12-15/h3-12H,2,13H2,1H3,(H,21,22). The van der Waals surface area contributed by atoms with Gasteiger partial charge in [-0.1, -0.05) is 79.3 Å². The molecule has 0 bridgehead atoms. The lowest BCUT2D eigenvalue weighted by molar-refractivity contribution is 0.470. The molecule has 0 spiro atoms. The molecule has 0 saturated carbocycles. The summed E-state index contributed by atoms with van der Waals surface area (Å²) in [5, 5.41) is 8.91. The van der Waals surface area contributed by atoms with E-state index in [0.29, 0.717) is 17.5 Å². The van der Waals surface area contributed by atoms with Crippen molar-refractivity contribution in [2.75, 3.05) is 0 Å². The summed E-state index contributed by atoms with van der Waals surface area (Å²) in [7, 11) is 0. The normalized spacial score (nSPS) is 11.0. The van der Waals surface area contributed by atoms with E-state index in [9.17, 15) is 0 Å². The molecule has 6 heteroatoms. The fourth-order valence-corrected chi connectivity index (χ4v) is 3.37. The quantitative estimate of drug-likeness (QED) is 0.490. The second-order valence-electron chi connectivity index (χ2n) is 5.73. The molecule has 0 aliphatic rings. The minimum Gasteiger partial charge on any atom is -0.424 e. The van der Waals surface area contributed by atoms with Crippen molar-refractivity contribution in [1.82, 2.24) is 20.2 Å². The van der Waals surface area contributed by atoms with Gasteiger partial charge in [0.2, 0.25) is 11.8 Å². The Morgan fingerprint density at radius 2 is 1.54 bits per heavy atom. The van der Waals surface area contributed by atoms with Gasteiger partial charge in [-0.15, -0.1) is 10.2 Å². The lowest BCUT2D eigenvalue weighted by Gasteiger charge is -2.02. The summed E-state index contributed by atoms with van der Waals surface area (Å²) in [5.74, 6) is 1.86. The van der Waals surface area contributed by atoms with Crippen LogP contribution in [0.25, 0.3) is 22.5 Å². The molecule has 1 N–H and O–H groups in total. The predicted octanol–water partition coefficient (Wildman–Crippen LogP) is 4.98. The fraction of sp³-hybridized carbons (Fsp3) is 0.150. The summed E-state index contributed by atoms with van der Waals surface area (Å²) in [6, 6.07) is 20.4. The smallest absolute Gasteiger partial charge is 0.226 e. The van der Waals surface area contributed by atoms with Gasteiger partial charge in [-0.25, -0.2) is 4.98 Å². The van der Waals surface area contributed by atoms with Crippen molar-refractivity contribution in [3.8, 4) is 22.5 Å². The molecule has 0 unspecified atom stereocenters. The second kappa shape index (κ2) is 7.58. The number of imidazole rings is 1. The van der Waals surface area contributed by atoms with E-state index in [-0.39, 0.29) is 0 Å². The van der Waals surface area contributed by atoms with Gasteiger partial charge in [0, 0.05) is 17.5 Å². The van der Waals surface area contributed by atoms with Crippen LogP contribution in [0.15, 0.2) is 70.2 Å². The highest BCUT2D eigenvalue weighted by Crippen LogP contribution is 2.33. The molecule has 0 fully saturated rings. The second-order valence-corrected chi connectivity index (χ2v) is 6.69. The monoisotopic (exact) mass is 362 g/mol. The summed E-state index contributed by atoms with van der Waals surface area (Å²) in [6.45, 7) is 2.00. The first kappa shape index (κ1) is 16.6. The van der Waals surface area contributed by atoms with Gasteiger partial charge in [0.15, 0.2) is 5.16 Å². The molecule has 4 rings (SSSR count). The maximum absolute atomic E-state index is 5.58. The first-order chi connectivity index (χ1) is 12.8. The Balaban J connectivity index is 1.65. The SMILES string of the molecule is CCc1nnc(CSc2nc(-c3ccccc3)c(-c3ccccc3)[nH]2)o1. The molecule has 4 aromatic rings. The number of aryl methyl sites for hydroxylation is 1. The van der Waals surface area contributed by atoms with E-state index in [1.54, 1.807) is 11.8 Å². The van der Waals surface area contributed by atoms with Crippen molar-refractivity contribution in [3.05, 3.63) is 72.4 Å². The van der Waals surface area contributed by atoms with Crippen molar-refractivity contribution >= 4 is 11.8 Å². The zero-order chi connectivity index (χ0) is 17.8. The Labute approximate surface area is 155 Å². The number of aromatic amines is 1. The zero-order valence-corrected chi connectivity index (χ0v) is 15.2. The third kappa shape index (κ3) is 3.55. The van der Waals surface area contributed by atoms with Crippen molar-refractivity contribution in [2.45, 2.75) is 24.3 Å². The number of hydrogen-bond donors (Lipinski definition) is 1. The summed E-state index contributed by atoms with van der Waals surface area (Å²) >= 11 is 1.56. The maximum atomic E-state index is 5.58. The van der Waals surface area contributed by atoms with Crippen LogP contribution in [0.1, 0.15) is 18.7 Å². The third-order valence-electron chi connectivity index (χ3n) is 3.94. The van der Waals surface area contributed by atoms with E-state index in [1.165, 1.54) is 0 Å². The van der Waals surface area contributed by atoms with Gasteiger partial charge < -0.3 is 9.40 Å². The maximum Gasteiger partial charge on any atom is 0.226 e. The molecule has 0 saturated heterocycles. The van der Waals surface area contributed by atoms with Crippen LogP contribution in [0, 0.1) is 0 Å². The molecule has 26 heavy (non-hydrogen) atoms. The number of hydrogen-bond acceptors (Lipinski definition) is 5. The molecule has 130 valence electrons. The van der Waals surface area contributed by atoms with Crippen molar-refractivity contribution in [3.63, 3.8) is 0 Å². The van der Waals surface area contributed by atoms with E-state index in [1.807, 2.05) is 43.3 Å². The van der Waals surface area contributed by atoms with Gasteiger partial charge in [0.1, 0.15) is 0 Å². The van der Waals surface area contributed by atoms with Crippen molar-refractivity contribution in [2.24, 2.45) is 0 Å². The van der Waals surface area contributed by atoms with Crippen molar-refractivity contribution < 1.29 is 4.42 Å². The summed E-state index contributed by atoms with van der Waals surface area (Å²) in [6.07, 6.45) is 0.745. The highest BCUT2D eigenvalue weighted by atomic mass is 32.2. The number of nitrogens with one attached hydrogen (secondary N) is 1. The fourth-order valence-electron chi connectivity index (χ4n) is 2.66. The van der Waals surface area contributed by atoms with Gasteiger partial charge >= 0.3 is 0 Å². The Kier molecular flexibility index (Phi) is 4.84. The Morgan fingerprint density at radius 3 is 2.19 bits per heavy atom. The van der Waals surface area contributed by atoms with Crippen LogP contribution in [0.5, 0.6) is 0 Å². The molecule has 2 aromatic carbocycles. The minimum absolute atomic E-state index is 0.586. The van der Waals surface area contributed by atoms with Gasteiger partial charge in [-0.05, 0) is 0 Å². The van der Waals surface area contributed by atoms with Gasteiger partial charge in [-0.3, -0.25) is 0 Å². The topological polar surface area (TPSA) is 67.6 Å². The number of benzene rings is 2. The summed E-state index contributed by atoms with van der Waals surface area (Å²) < 4.78 is 5.58. The molecule has 2 aromatic heterocycles.